The number of halogens is 2. The van der Waals surface area contributed by atoms with Crippen molar-refractivity contribution in [3.05, 3.63) is 52.6 Å². The number of hydrogen-bond acceptors (Lipinski definition) is 7. The summed E-state index contributed by atoms with van der Waals surface area (Å²) in [5.41, 5.74) is 0.850. The van der Waals surface area contributed by atoms with Crippen molar-refractivity contribution in [1.82, 2.24) is 0 Å². The van der Waals surface area contributed by atoms with Gasteiger partial charge in [0, 0.05) is 23.6 Å². The van der Waals surface area contributed by atoms with Gasteiger partial charge < -0.3 is 21.1 Å². The Morgan fingerprint density at radius 3 is 2.57 bits per heavy atom. The monoisotopic (exact) mass is 412 g/mol. The first kappa shape index (κ1) is 21.4. The van der Waals surface area contributed by atoms with E-state index in [2.05, 4.69) is 16.0 Å². The van der Waals surface area contributed by atoms with E-state index in [-0.39, 0.29) is 36.0 Å². The molecule has 0 heterocycles. The van der Waals surface area contributed by atoms with Crippen molar-refractivity contribution in [2.75, 3.05) is 35.6 Å². The van der Waals surface area contributed by atoms with Crippen LogP contribution in [0.1, 0.15) is 0 Å². The quantitative estimate of drug-likeness (QED) is 0.269. The van der Waals surface area contributed by atoms with Gasteiger partial charge in [0.1, 0.15) is 0 Å². The minimum Gasteiger partial charge on any atom is -0.395 e. The lowest BCUT2D eigenvalue weighted by molar-refractivity contribution is -0.384. The molecule has 0 aliphatic heterocycles. The van der Waals surface area contributed by atoms with Gasteiger partial charge in [0.25, 0.3) is 11.4 Å². The molecule has 28 heavy (non-hydrogen) atoms. The molecule has 1 amide bonds. The first-order valence-electron chi connectivity index (χ1n) is 8.11. The minimum absolute atomic E-state index is 0.143. The topological polar surface area (TPSA) is 117 Å². The van der Waals surface area contributed by atoms with Crippen molar-refractivity contribution < 1.29 is 23.6 Å². The fourth-order valence-electron chi connectivity index (χ4n) is 2.28. The summed E-state index contributed by atoms with van der Waals surface area (Å²) in [6.45, 7) is -0.172. The molecule has 0 radical (unpaired) electrons. The fraction of sp³-hybridized carbons (Fsp3) is 0.235. The summed E-state index contributed by atoms with van der Waals surface area (Å²) in [4.78, 5) is 22.8. The molecular formula is C17H18F2N4O4S. The van der Waals surface area contributed by atoms with Gasteiger partial charge in [-0.3, -0.25) is 14.9 Å². The van der Waals surface area contributed by atoms with E-state index in [9.17, 15) is 23.7 Å². The Balaban J connectivity index is 2.08. The highest BCUT2D eigenvalue weighted by Gasteiger charge is 2.14. The van der Waals surface area contributed by atoms with Gasteiger partial charge in [-0.2, -0.15) is 8.78 Å². The van der Waals surface area contributed by atoms with Crippen LogP contribution in [0.15, 0.2) is 47.4 Å². The molecule has 0 aliphatic carbocycles. The predicted molar refractivity (Wildman–Crippen MR) is 104 cm³/mol. The fourth-order valence-corrected chi connectivity index (χ4v) is 2.87. The summed E-state index contributed by atoms with van der Waals surface area (Å²) in [6, 6.07) is 10.2. The SMILES string of the molecule is O=C(CNc1cc([N+](=O)[O-])ccc1NCCO)Nc1ccccc1SC(F)F. The zero-order chi connectivity index (χ0) is 20.5. The van der Waals surface area contributed by atoms with Crippen molar-refractivity contribution in [3.63, 3.8) is 0 Å². The van der Waals surface area contributed by atoms with E-state index in [1.807, 2.05) is 0 Å². The van der Waals surface area contributed by atoms with Crippen LogP contribution in [0.2, 0.25) is 0 Å². The molecule has 0 aliphatic rings. The number of non-ortho nitro benzene ring substituents is 1. The van der Waals surface area contributed by atoms with Crippen LogP contribution in [0.5, 0.6) is 0 Å². The maximum absolute atomic E-state index is 12.6. The van der Waals surface area contributed by atoms with Gasteiger partial charge in [0.05, 0.1) is 35.1 Å². The van der Waals surface area contributed by atoms with Crippen LogP contribution in [0.25, 0.3) is 0 Å². The third kappa shape index (κ3) is 6.35. The van der Waals surface area contributed by atoms with Gasteiger partial charge in [-0.25, -0.2) is 0 Å². The van der Waals surface area contributed by atoms with Crippen LogP contribution < -0.4 is 16.0 Å². The smallest absolute Gasteiger partial charge is 0.288 e. The Kier molecular flexibility index (Phi) is 7.96. The second-order valence-corrected chi connectivity index (χ2v) is 6.45. The molecule has 0 atom stereocenters. The zero-order valence-electron chi connectivity index (χ0n) is 14.5. The number of aliphatic hydroxyl groups excluding tert-OH is 1. The molecule has 0 bridgehead atoms. The molecular weight excluding hydrogens is 394 g/mol. The van der Waals surface area contributed by atoms with Gasteiger partial charge in [0.15, 0.2) is 0 Å². The first-order valence-corrected chi connectivity index (χ1v) is 8.99. The van der Waals surface area contributed by atoms with Gasteiger partial charge in [-0.15, -0.1) is 0 Å². The van der Waals surface area contributed by atoms with E-state index in [4.69, 9.17) is 5.11 Å². The summed E-state index contributed by atoms with van der Waals surface area (Å²) in [5, 5.41) is 28.1. The molecule has 150 valence electrons. The van der Waals surface area contributed by atoms with Crippen LogP contribution in [0.3, 0.4) is 0 Å². The van der Waals surface area contributed by atoms with Gasteiger partial charge >= 0.3 is 0 Å². The number of benzene rings is 2. The number of thioether (sulfide) groups is 1. The van der Waals surface area contributed by atoms with E-state index in [0.717, 1.165) is 0 Å². The Labute approximate surface area is 163 Å². The van der Waals surface area contributed by atoms with E-state index in [1.54, 1.807) is 12.1 Å². The molecule has 8 nitrogen and oxygen atoms in total. The number of amides is 1. The van der Waals surface area contributed by atoms with Crippen LogP contribution >= 0.6 is 11.8 Å². The molecule has 11 heteroatoms. The number of rotatable bonds is 10. The number of carbonyl (C=O) groups excluding carboxylic acids is 1. The number of carbonyl (C=O) groups is 1. The van der Waals surface area contributed by atoms with Crippen LogP contribution in [-0.4, -0.2) is 41.4 Å². The van der Waals surface area contributed by atoms with Crippen LogP contribution in [-0.2, 0) is 4.79 Å². The lowest BCUT2D eigenvalue weighted by Gasteiger charge is -2.14. The highest BCUT2D eigenvalue weighted by molar-refractivity contribution is 7.99. The average Bonchev–Trinajstić information content (AvgIpc) is 2.66. The van der Waals surface area contributed by atoms with E-state index < -0.39 is 16.6 Å². The van der Waals surface area contributed by atoms with Crippen molar-refractivity contribution in [2.45, 2.75) is 10.7 Å². The number of alkyl halides is 2. The third-order valence-electron chi connectivity index (χ3n) is 3.46. The molecule has 2 rings (SSSR count). The van der Waals surface area contributed by atoms with Crippen molar-refractivity contribution in [3.8, 4) is 0 Å². The highest BCUT2D eigenvalue weighted by Crippen LogP contribution is 2.31. The molecule has 0 unspecified atom stereocenters. The first-order chi connectivity index (χ1) is 13.4. The number of nitrogens with zero attached hydrogens (tertiary/aromatic N) is 1. The number of anilines is 3. The average molecular weight is 412 g/mol. The van der Waals surface area contributed by atoms with Crippen molar-refractivity contribution in [1.29, 1.82) is 0 Å². The third-order valence-corrected chi connectivity index (χ3v) is 4.25. The minimum atomic E-state index is -2.62. The molecule has 0 spiro atoms. The number of nitrogens with one attached hydrogen (secondary N) is 3. The molecule has 4 N–H and O–H groups in total. The van der Waals surface area contributed by atoms with Gasteiger partial charge in [-0.1, -0.05) is 23.9 Å². The Bertz CT molecular complexity index is 839. The molecule has 0 saturated carbocycles. The predicted octanol–water partition coefficient (Wildman–Crippen LogP) is 3.36. The normalized spacial score (nSPS) is 10.6. The summed E-state index contributed by atoms with van der Waals surface area (Å²) >= 11 is 0.321. The molecule has 0 fully saturated rings. The Hall–Kier alpha value is -2.92. The summed E-state index contributed by atoms with van der Waals surface area (Å²) in [6.07, 6.45) is 0. The van der Waals surface area contributed by atoms with Crippen molar-refractivity contribution >= 4 is 40.4 Å². The van der Waals surface area contributed by atoms with Gasteiger partial charge in [0.2, 0.25) is 5.91 Å². The summed E-state index contributed by atoms with van der Waals surface area (Å²) in [7, 11) is 0. The molecule has 2 aromatic rings. The Morgan fingerprint density at radius 2 is 1.89 bits per heavy atom. The largest absolute Gasteiger partial charge is 0.395 e. The van der Waals surface area contributed by atoms with E-state index in [0.29, 0.717) is 23.1 Å². The van der Waals surface area contributed by atoms with Gasteiger partial charge in [-0.05, 0) is 18.2 Å². The second kappa shape index (κ2) is 10.4. The lowest BCUT2D eigenvalue weighted by atomic mass is 10.2. The molecule has 0 aromatic heterocycles. The Morgan fingerprint density at radius 1 is 1.14 bits per heavy atom. The van der Waals surface area contributed by atoms with E-state index >= 15 is 0 Å². The number of para-hydroxylation sites is 1. The van der Waals surface area contributed by atoms with Crippen LogP contribution in [0, 0.1) is 10.1 Å². The number of aliphatic hydroxyl groups is 1. The molecule has 2 aromatic carbocycles. The second-order valence-electron chi connectivity index (χ2n) is 5.41. The molecule has 0 saturated heterocycles. The zero-order valence-corrected chi connectivity index (χ0v) is 15.3. The highest BCUT2D eigenvalue weighted by atomic mass is 32.2. The standard InChI is InChI=1S/C17H18F2N4O4S/c18-17(19)28-15-4-2-1-3-13(15)22-16(25)10-21-14-9-11(23(26)27)5-6-12(14)20-7-8-24/h1-6,9,17,20-21,24H,7-8,10H2,(H,22,25). The lowest BCUT2D eigenvalue weighted by Crippen LogP contribution is -2.22. The number of nitro benzene ring substituents is 1. The van der Waals surface area contributed by atoms with Crippen molar-refractivity contribution in [2.24, 2.45) is 0 Å². The summed E-state index contributed by atoms with van der Waals surface area (Å²) < 4.78 is 25.2. The van der Waals surface area contributed by atoms with Crippen LogP contribution in [0.4, 0.5) is 31.5 Å². The number of nitro groups is 1. The number of hydrogen-bond donors (Lipinski definition) is 4. The maximum atomic E-state index is 12.6. The summed E-state index contributed by atoms with van der Waals surface area (Å²) in [5.74, 6) is -3.14. The van der Waals surface area contributed by atoms with E-state index in [1.165, 1.54) is 30.3 Å². The maximum Gasteiger partial charge on any atom is 0.288 e.